The lowest BCUT2D eigenvalue weighted by atomic mass is 10.2. The molecule has 0 aliphatic heterocycles. The van der Waals surface area contributed by atoms with E-state index < -0.39 is 17.7 Å². The topological polar surface area (TPSA) is 109 Å². The summed E-state index contributed by atoms with van der Waals surface area (Å²) >= 11 is 0. The van der Waals surface area contributed by atoms with Gasteiger partial charge in [-0.05, 0) is 63.6 Å². The van der Waals surface area contributed by atoms with Crippen LogP contribution in [0.15, 0.2) is 39.9 Å². The van der Waals surface area contributed by atoms with Crippen molar-refractivity contribution >= 4 is 18.3 Å². The number of carbonyl (C=O) groups excluding carboxylic acids is 2. The van der Waals surface area contributed by atoms with Crippen LogP contribution in [0.4, 0.5) is 4.79 Å². The Bertz CT molecular complexity index is 897. The molecule has 162 valence electrons. The van der Waals surface area contributed by atoms with Gasteiger partial charge in [0.25, 0.3) is 0 Å². The highest BCUT2D eigenvalue weighted by molar-refractivity contribution is 5.86. The number of nitrogens with one attached hydrogen (secondary N) is 1. The molecule has 2 rings (SSSR count). The first kappa shape index (κ1) is 22.8. The number of nitrogens with zero attached hydrogens (tertiary/aromatic N) is 1. The van der Waals surface area contributed by atoms with E-state index in [1.165, 1.54) is 19.4 Å². The van der Waals surface area contributed by atoms with Gasteiger partial charge in [0.1, 0.15) is 18.0 Å². The monoisotopic (exact) mass is 418 g/mol. The van der Waals surface area contributed by atoms with Crippen LogP contribution in [0.25, 0.3) is 0 Å². The maximum Gasteiger partial charge on any atom is 0.428 e. The lowest BCUT2D eigenvalue weighted by Gasteiger charge is -2.18. The van der Waals surface area contributed by atoms with E-state index in [-0.39, 0.29) is 12.4 Å². The van der Waals surface area contributed by atoms with Crippen LogP contribution in [0.5, 0.6) is 11.5 Å². The van der Waals surface area contributed by atoms with E-state index in [1.54, 1.807) is 45.0 Å². The summed E-state index contributed by atoms with van der Waals surface area (Å²) in [6, 6.07) is 8.34. The molecule has 0 spiro atoms. The van der Waals surface area contributed by atoms with Crippen molar-refractivity contribution in [1.29, 1.82) is 0 Å². The van der Waals surface area contributed by atoms with E-state index in [0.29, 0.717) is 29.4 Å². The Morgan fingerprint density at radius 3 is 2.57 bits per heavy atom. The molecule has 0 saturated heterocycles. The van der Waals surface area contributed by atoms with Crippen LogP contribution in [-0.2, 0) is 16.1 Å². The van der Waals surface area contributed by atoms with E-state index in [0.717, 1.165) is 0 Å². The summed E-state index contributed by atoms with van der Waals surface area (Å²) in [7, 11) is 1.28. The molecule has 1 amide bonds. The molecule has 2 aromatic rings. The Morgan fingerprint density at radius 2 is 1.90 bits per heavy atom. The molecule has 9 heteroatoms. The highest BCUT2D eigenvalue weighted by atomic mass is 16.6. The van der Waals surface area contributed by atoms with Crippen molar-refractivity contribution in [2.45, 2.75) is 39.9 Å². The molecule has 0 unspecified atom stereocenters. The minimum absolute atomic E-state index is 0.102. The van der Waals surface area contributed by atoms with E-state index in [9.17, 15) is 9.59 Å². The Kier molecular flexibility index (Phi) is 7.85. The van der Waals surface area contributed by atoms with Gasteiger partial charge in [0.05, 0.1) is 19.9 Å². The average molecular weight is 418 g/mol. The summed E-state index contributed by atoms with van der Waals surface area (Å²) in [6.07, 6.45) is 0.819. The normalized spacial score (nSPS) is 11.2. The van der Waals surface area contributed by atoms with Crippen LogP contribution in [0.2, 0.25) is 0 Å². The quantitative estimate of drug-likeness (QED) is 0.393. The SMILES string of the molecule is CCOc1cc(/C=N/NC(=O)OC(C)(C)C)ccc1OCc1ccc(C(=O)OC)o1. The molecule has 1 N–H and O–H groups in total. The fourth-order valence-corrected chi connectivity index (χ4v) is 2.27. The summed E-state index contributed by atoms with van der Waals surface area (Å²) in [5, 5.41) is 3.87. The van der Waals surface area contributed by atoms with E-state index in [4.69, 9.17) is 18.6 Å². The number of rotatable bonds is 8. The Labute approximate surface area is 174 Å². The highest BCUT2D eigenvalue weighted by Crippen LogP contribution is 2.29. The number of hydrogen-bond donors (Lipinski definition) is 1. The van der Waals surface area contributed by atoms with Gasteiger partial charge in [-0.15, -0.1) is 0 Å². The number of esters is 1. The molecule has 0 bridgehead atoms. The number of ether oxygens (including phenoxy) is 4. The molecule has 0 aliphatic rings. The second-order valence-corrected chi connectivity index (χ2v) is 7.06. The zero-order valence-corrected chi connectivity index (χ0v) is 17.7. The molecular weight excluding hydrogens is 392 g/mol. The van der Waals surface area contributed by atoms with Crippen molar-refractivity contribution in [2.24, 2.45) is 5.10 Å². The van der Waals surface area contributed by atoms with Crippen LogP contribution in [0.3, 0.4) is 0 Å². The van der Waals surface area contributed by atoms with E-state index in [2.05, 4.69) is 15.3 Å². The number of carbonyl (C=O) groups is 2. The van der Waals surface area contributed by atoms with Crippen LogP contribution in [0.1, 0.15) is 49.6 Å². The standard InChI is InChI=1S/C21H26N2O7/c1-6-27-18-11-14(12-22-23-20(25)30-21(2,3)4)7-9-16(18)28-13-15-8-10-17(29-15)19(24)26-5/h7-12H,6,13H2,1-5H3,(H,23,25)/b22-12+. The highest BCUT2D eigenvalue weighted by Gasteiger charge is 2.15. The number of amides is 1. The maximum absolute atomic E-state index is 11.6. The van der Waals surface area contributed by atoms with Gasteiger partial charge in [-0.2, -0.15) is 5.10 Å². The third kappa shape index (κ3) is 7.16. The van der Waals surface area contributed by atoms with Crippen LogP contribution in [-0.4, -0.2) is 37.6 Å². The summed E-state index contributed by atoms with van der Waals surface area (Å²) < 4.78 is 26.5. The van der Waals surface area contributed by atoms with E-state index >= 15 is 0 Å². The third-order valence-corrected chi connectivity index (χ3v) is 3.45. The average Bonchev–Trinajstić information content (AvgIpc) is 3.14. The summed E-state index contributed by atoms with van der Waals surface area (Å²) in [6.45, 7) is 7.68. The first-order valence-electron chi connectivity index (χ1n) is 9.30. The molecule has 0 fully saturated rings. The number of hydrogen-bond acceptors (Lipinski definition) is 8. The number of hydrazone groups is 1. The largest absolute Gasteiger partial charge is 0.490 e. The van der Waals surface area contributed by atoms with Gasteiger partial charge in [-0.25, -0.2) is 15.0 Å². The van der Waals surface area contributed by atoms with Crippen molar-refractivity contribution < 1.29 is 33.0 Å². The fourth-order valence-electron chi connectivity index (χ4n) is 2.27. The minimum atomic E-state index is -0.645. The van der Waals surface area contributed by atoms with Crippen LogP contribution in [0, 0.1) is 0 Å². The molecule has 1 aromatic heterocycles. The maximum atomic E-state index is 11.6. The van der Waals surface area contributed by atoms with Gasteiger partial charge in [-0.3, -0.25) is 0 Å². The second kappa shape index (κ2) is 10.3. The lowest BCUT2D eigenvalue weighted by molar-refractivity contribution is 0.0527. The molecule has 9 nitrogen and oxygen atoms in total. The second-order valence-electron chi connectivity index (χ2n) is 7.06. The summed E-state index contributed by atoms with van der Waals surface area (Å²) in [5.41, 5.74) is 2.39. The first-order chi connectivity index (χ1) is 14.2. The number of furan rings is 1. The number of methoxy groups -OCH3 is 1. The molecule has 1 aromatic carbocycles. The Hall–Kier alpha value is -3.49. The van der Waals surface area contributed by atoms with Crippen molar-refractivity contribution in [3.8, 4) is 11.5 Å². The van der Waals surface area contributed by atoms with Crippen molar-refractivity contribution in [2.75, 3.05) is 13.7 Å². The van der Waals surface area contributed by atoms with Crippen molar-refractivity contribution in [3.63, 3.8) is 0 Å². The Morgan fingerprint density at radius 1 is 1.13 bits per heavy atom. The smallest absolute Gasteiger partial charge is 0.428 e. The molecule has 0 aliphatic carbocycles. The molecule has 0 atom stereocenters. The summed E-state index contributed by atoms with van der Waals surface area (Å²) in [4.78, 5) is 23.1. The molecule has 0 radical (unpaired) electrons. The zero-order valence-electron chi connectivity index (χ0n) is 17.7. The minimum Gasteiger partial charge on any atom is -0.490 e. The van der Waals surface area contributed by atoms with Gasteiger partial charge in [0.15, 0.2) is 11.5 Å². The first-order valence-corrected chi connectivity index (χ1v) is 9.30. The van der Waals surface area contributed by atoms with Gasteiger partial charge in [0, 0.05) is 0 Å². The van der Waals surface area contributed by atoms with Crippen LogP contribution >= 0.6 is 0 Å². The van der Waals surface area contributed by atoms with Crippen molar-refractivity contribution in [1.82, 2.24) is 5.43 Å². The van der Waals surface area contributed by atoms with Gasteiger partial charge in [0.2, 0.25) is 5.76 Å². The molecule has 0 saturated carbocycles. The molecule has 30 heavy (non-hydrogen) atoms. The van der Waals surface area contributed by atoms with Gasteiger partial charge < -0.3 is 23.4 Å². The number of benzene rings is 1. The van der Waals surface area contributed by atoms with Crippen LogP contribution < -0.4 is 14.9 Å². The molecular formula is C21H26N2O7. The Balaban J connectivity index is 2.02. The van der Waals surface area contributed by atoms with Crippen molar-refractivity contribution in [3.05, 3.63) is 47.4 Å². The van der Waals surface area contributed by atoms with Gasteiger partial charge >= 0.3 is 12.1 Å². The molecule has 1 heterocycles. The predicted octanol–water partition coefficient (Wildman–Crippen LogP) is 3.90. The summed E-state index contributed by atoms with van der Waals surface area (Å²) in [5.74, 6) is 0.999. The van der Waals surface area contributed by atoms with E-state index in [1.807, 2.05) is 6.92 Å². The zero-order chi connectivity index (χ0) is 22.1. The predicted molar refractivity (Wildman–Crippen MR) is 109 cm³/mol. The lowest BCUT2D eigenvalue weighted by Crippen LogP contribution is -2.29. The third-order valence-electron chi connectivity index (χ3n) is 3.45. The van der Waals surface area contributed by atoms with Gasteiger partial charge in [-0.1, -0.05) is 0 Å². The fraction of sp³-hybridized carbons (Fsp3) is 0.381.